The van der Waals surface area contributed by atoms with Gasteiger partial charge in [-0.05, 0) is 25.3 Å². The Morgan fingerprint density at radius 1 is 1.32 bits per heavy atom. The molecule has 1 fully saturated rings. The SMILES string of the molecule is Cc1cccc(C(C)(C)CNCC2(CO)CCC2)c1. The molecule has 1 aliphatic carbocycles. The predicted molar refractivity (Wildman–Crippen MR) is 80.4 cm³/mol. The number of hydrogen-bond donors (Lipinski definition) is 2. The zero-order valence-corrected chi connectivity index (χ0v) is 12.5. The van der Waals surface area contributed by atoms with Crippen LogP contribution in [0.3, 0.4) is 0 Å². The largest absolute Gasteiger partial charge is 0.396 e. The highest BCUT2D eigenvalue weighted by molar-refractivity contribution is 5.28. The molecule has 0 spiro atoms. The number of nitrogens with one attached hydrogen (secondary N) is 1. The van der Waals surface area contributed by atoms with Crippen LogP contribution in [0.4, 0.5) is 0 Å². The molecule has 0 radical (unpaired) electrons. The Kier molecular flexibility index (Phi) is 4.32. The first-order valence-corrected chi connectivity index (χ1v) is 7.36. The van der Waals surface area contributed by atoms with Gasteiger partial charge < -0.3 is 10.4 Å². The van der Waals surface area contributed by atoms with Crippen LogP contribution < -0.4 is 5.32 Å². The summed E-state index contributed by atoms with van der Waals surface area (Å²) in [4.78, 5) is 0. The first-order chi connectivity index (χ1) is 8.97. The van der Waals surface area contributed by atoms with Gasteiger partial charge >= 0.3 is 0 Å². The lowest BCUT2D eigenvalue weighted by atomic mass is 9.69. The van der Waals surface area contributed by atoms with Crippen LogP contribution in [0.15, 0.2) is 24.3 Å². The van der Waals surface area contributed by atoms with Crippen molar-refractivity contribution in [3.05, 3.63) is 35.4 Å². The fraction of sp³-hybridized carbons (Fsp3) is 0.647. The second-order valence-electron chi connectivity index (χ2n) is 6.87. The van der Waals surface area contributed by atoms with Crippen LogP contribution >= 0.6 is 0 Å². The van der Waals surface area contributed by atoms with Gasteiger partial charge in [-0.15, -0.1) is 0 Å². The number of benzene rings is 1. The van der Waals surface area contributed by atoms with Crippen molar-refractivity contribution in [2.24, 2.45) is 5.41 Å². The Hall–Kier alpha value is -0.860. The minimum Gasteiger partial charge on any atom is -0.396 e. The first-order valence-electron chi connectivity index (χ1n) is 7.36. The fourth-order valence-electron chi connectivity index (χ4n) is 2.88. The lowest BCUT2D eigenvalue weighted by Gasteiger charge is -2.41. The molecule has 2 heteroatoms. The minimum atomic E-state index is 0.131. The Balaban J connectivity index is 1.90. The minimum absolute atomic E-state index is 0.131. The number of aliphatic hydroxyl groups is 1. The Morgan fingerprint density at radius 2 is 2.05 bits per heavy atom. The third kappa shape index (κ3) is 3.37. The molecule has 0 amide bonds. The molecular formula is C17H27NO. The highest BCUT2D eigenvalue weighted by atomic mass is 16.3. The van der Waals surface area contributed by atoms with E-state index >= 15 is 0 Å². The van der Waals surface area contributed by atoms with E-state index in [-0.39, 0.29) is 10.8 Å². The third-order valence-electron chi connectivity index (χ3n) is 4.62. The van der Waals surface area contributed by atoms with Crippen molar-refractivity contribution in [3.63, 3.8) is 0 Å². The number of hydrogen-bond acceptors (Lipinski definition) is 2. The van der Waals surface area contributed by atoms with Crippen LogP contribution in [-0.4, -0.2) is 24.8 Å². The third-order valence-corrected chi connectivity index (χ3v) is 4.62. The summed E-state index contributed by atoms with van der Waals surface area (Å²) in [5, 5.41) is 13.1. The topological polar surface area (TPSA) is 32.3 Å². The van der Waals surface area contributed by atoms with Crippen molar-refractivity contribution in [1.82, 2.24) is 5.32 Å². The molecule has 106 valence electrons. The molecule has 0 aliphatic heterocycles. The highest BCUT2D eigenvalue weighted by Gasteiger charge is 2.36. The first kappa shape index (κ1) is 14.5. The summed E-state index contributed by atoms with van der Waals surface area (Å²) in [6, 6.07) is 8.75. The average Bonchev–Trinajstić information content (AvgIpc) is 2.32. The highest BCUT2D eigenvalue weighted by Crippen LogP contribution is 2.39. The van der Waals surface area contributed by atoms with Gasteiger partial charge in [-0.1, -0.05) is 50.1 Å². The zero-order chi connectivity index (χ0) is 13.9. The maximum Gasteiger partial charge on any atom is 0.0499 e. The molecule has 0 bridgehead atoms. The van der Waals surface area contributed by atoms with Crippen LogP contribution in [-0.2, 0) is 5.41 Å². The second-order valence-corrected chi connectivity index (χ2v) is 6.87. The molecule has 1 aromatic carbocycles. The van der Waals surface area contributed by atoms with Crippen molar-refractivity contribution in [2.75, 3.05) is 19.7 Å². The monoisotopic (exact) mass is 261 g/mol. The van der Waals surface area contributed by atoms with Gasteiger partial charge in [0.2, 0.25) is 0 Å². The van der Waals surface area contributed by atoms with Gasteiger partial charge in [-0.25, -0.2) is 0 Å². The van der Waals surface area contributed by atoms with Gasteiger partial charge in [0, 0.05) is 30.5 Å². The van der Waals surface area contributed by atoms with Gasteiger partial charge in [0.05, 0.1) is 0 Å². The lowest BCUT2D eigenvalue weighted by Crippen LogP contribution is -2.45. The van der Waals surface area contributed by atoms with Gasteiger partial charge in [-0.3, -0.25) is 0 Å². The summed E-state index contributed by atoms with van der Waals surface area (Å²) in [7, 11) is 0. The molecule has 19 heavy (non-hydrogen) atoms. The molecule has 1 aromatic rings. The van der Waals surface area contributed by atoms with Gasteiger partial charge in [-0.2, -0.15) is 0 Å². The van der Waals surface area contributed by atoms with Crippen LogP contribution in [0.1, 0.15) is 44.2 Å². The van der Waals surface area contributed by atoms with Crippen LogP contribution in [0, 0.1) is 12.3 Å². The molecule has 0 unspecified atom stereocenters. The van der Waals surface area contributed by atoms with Crippen molar-refractivity contribution < 1.29 is 5.11 Å². The molecule has 0 atom stereocenters. The molecule has 0 saturated heterocycles. The molecule has 2 nitrogen and oxygen atoms in total. The standard InChI is InChI=1S/C17H27NO/c1-14-6-4-7-15(10-14)16(2,3)11-18-12-17(13-19)8-5-9-17/h4,6-7,10,18-19H,5,8-9,11-13H2,1-3H3. The average molecular weight is 261 g/mol. The number of aryl methyl sites for hydroxylation is 1. The maximum atomic E-state index is 9.48. The second kappa shape index (κ2) is 5.64. The Labute approximate surface area is 117 Å². The van der Waals surface area contributed by atoms with E-state index in [2.05, 4.69) is 50.4 Å². The molecule has 0 heterocycles. The molecular weight excluding hydrogens is 234 g/mol. The summed E-state index contributed by atoms with van der Waals surface area (Å²) in [6.07, 6.45) is 3.60. The van der Waals surface area contributed by atoms with Crippen LogP contribution in [0.2, 0.25) is 0 Å². The van der Waals surface area contributed by atoms with Gasteiger partial charge in [0.1, 0.15) is 0 Å². The Bertz CT molecular complexity index is 416. The van der Waals surface area contributed by atoms with Gasteiger partial charge in [0.15, 0.2) is 0 Å². The smallest absolute Gasteiger partial charge is 0.0499 e. The van der Waals surface area contributed by atoms with Crippen molar-refractivity contribution in [2.45, 2.75) is 45.4 Å². The summed E-state index contributed by atoms with van der Waals surface area (Å²) < 4.78 is 0. The summed E-state index contributed by atoms with van der Waals surface area (Å²) in [6.45, 7) is 8.92. The zero-order valence-electron chi connectivity index (χ0n) is 12.5. The summed E-state index contributed by atoms with van der Waals surface area (Å²) in [5.74, 6) is 0. The molecule has 2 N–H and O–H groups in total. The normalized spacial score (nSPS) is 18.1. The molecule has 1 saturated carbocycles. The molecule has 0 aromatic heterocycles. The van der Waals surface area contributed by atoms with E-state index in [0.29, 0.717) is 6.61 Å². The quantitative estimate of drug-likeness (QED) is 0.825. The van der Waals surface area contributed by atoms with E-state index in [1.165, 1.54) is 30.4 Å². The molecule has 1 aliphatic rings. The van der Waals surface area contributed by atoms with Crippen molar-refractivity contribution >= 4 is 0 Å². The van der Waals surface area contributed by atoms with E-state index in [1.54, 1.807) is 0 Å². The summed E-state index contributed by atoms with van der Waals surface area (Å²) >= 11 is 0. The summed E-state index contributed by atoms with van der Waals surface area (Å²) in [5.41, 5.74) is 3.00. The predicted octanol–water partition coefficient (Wildman–Crippen LogP) is 3.02. The molecule has 2 rings (SSSR count). The maximum absolute atomic E-state index is 9.48. The van der Waals surface area contributed by atoms with Gasteiger partial charge in [0.25, 0.3) is 0 Å². The lowest BCUT2D eigenvalue weighted by molar-refractivity contribution is 0.0438. The van der Waals surface area contributed by atoms with Crippen LogP contribution in [0.25, 0.3) is 0 Å². The van der Waals surface area contributed by atoms with Crippen molar-refractivity contribution in [3.8, 4) is 0 Å². The van der Waals surface area contributed by atoms with E-state index < -0.39 is 0 Å². The Morgan fingerprint density at radius 3 is 2.58 bits per heavy atom. The van der Waals surface area contributed by atoms with E-state index in [1.807, 2.05) is 0 Å². The number of rotatable bonds is 6. The van der Waals surface area contributed by atoms with E-state index in [0.717, 1.165) is 13.1 Å². The van der Waals surface area contributed by atoms with E-state index in [9.17, 15) is 5.11 Å². The van der Waals surface area contributed by atoms with Crippen molar-refractivity contribution in [1.29, 1.82) is 0 Å². The van der Waals surface area contributed by atoms with E-state index in [4.69, 9.17) is 0 Å². The fourth-order valence-corrected chi connectivity index (χ4v) is 2.88. The number of aliphatic hydroxyl groups excluding tert-OH is 1. The van der Waals surface area contributed by atoms with Crippen LogP contribution in [0.5, 0.6) is 0 Å².